The molecule has 12 heteroatoms. The first-order chi connectivity index (χ1) is 19.8. The highest BCUT2D eigenvalue weighted by Gasteiger charge is 2.56. The summed E-state index contributed by atoms with van der Waals surface area (Å²) in [5.74, 6) is -0.0221. The first-order valence-corrected chi connectivity index (χ1v) is 14.6. The second kappa shape index (κ2) is 11.8. The SMILES string of the molecule is CC(C)CN(CCNC(=O)Nc1ccc(C(C)(C)C)cc1)CC1OC(n2cnc3c(N)ncnc32)C2OC(C)(C)OC12. The molecule has 2 amide bonds. The molecule has 228 valence electrons. The lowest BCUT2D eigenvalue weighted by Crippen LogP contribution is -2.44. The van der Waals surface area contributed by atoms with Gasteiger partial charge in [0.05, 0.1) is 6.33 Å². The molecule has 3 aromatic rings. The molecule has 12 nitrogen and oxygen atoms in total. The number of nitrogens with two attached hydrogens (primary N) is 1. The van der Waals surface area contributed by atoms with Crippen LogP contribution in [0.5, 0.6) is 0 Å². The average Bonchev–Trinajstić information content (AvgIpc) is 3.55. The minimum atomic E-state index is -0.756. The molecule has 2 aliphatic rings. The number of ether oxygens (including phenoxy) is 3. The number of carbonyl (C=O) groups is 1. The van der Waals surface area contributed by atoms with E-state index < -0.39 is 12.0 Å². The number of fused-ring (bicyclic) bond motifs is 2. The maximum atomic E-state index is 12.6. The summed E-state index contributed by atoms with van der Waals surface area (Å²) in [7, 11) is 0. The molecule has 4 heterocycles. The van der Waals surface area contributed by atoms with Crippen molar-refractivity contribution in [2.24, 2.45) is 5.92 Å². The number of rotatable bonds is 9. The van der Waals surface area contributed by atoms with Crippen LogP contribution in [0, 0.1) is 5.92 Å². The van der Waals surface area contributed by atoms with Crippen molar-refractivity contribution in [1.82, 2.24) is 29.7 Å². The Hall–Kier alpha value is -3.32. The van der Waals surface area contributed by atoms with Crippen LogP contribution in [-0.4, -0.2) is 80.7 Å². The van der Waals surface area contributed by atoms with E-state index in [1.165, 1.54) is 11.9 Å². The number of anilines is 2. The molecule has 42 heavy (non-hydrogen) atoms. The smallest absolute Gasteiger partial charge is 0.319 e. The van der Waals surface area contributed by atoms with Crippen LogP contribution in [0.3, 0.4) is 0 Å². The number of hydrogen-bond acceptors (Lipinski definition) is 9. The molecule has 2 fully saturated rings. The second-order valence-corrected chi connectivity index (χ2v) is 13.1. The summed E-state index contributed by atoms with van der Waals surface area (Å²) in [5, 5.41) is 5.92. The first kappa shape index (κ1) is 30.1. The molecule has 2 saturated heterocycles. The molecule has 5 rings (SSSR count). The van der Waals surface area contributed by atoms with Gasteiger partial charge in [0.2, 0.25) is 0 Å². The van der Waals surface area contributed by atoms with Crippen LogP contribution >= 0.6 is 0 Å². The summed E-state index contributed by atoms with van der Waals surface area (Å²) in [6, 6.07) is 7.73. The fourth-order valence-corrected chi connectivity index (χ4v) is 5.67. The predicted molar refractivity (Wildman–Crippen MR) is 161 cm³/mol. The van der Waals surface area contributed by atoms with Crippen molar-refractivity contribution in [2.45, 2.75) is 84.2 Å². The van der Waals surface area contributed by atoms with Gasteiger partial charge >= 0.3 is 6.03 Å². The first-order valence-electron chi connectivity index (χ1n) is 14.6. The topological polar surface area (TPSA) is 142 Å². The van der Waals surface area contributed by atoms with E-state index in [4.69, 9.17) is 19.9 Å². The van der Waals surface area contributed by atoms with Crippen molar-refractivity contribution < 1.29 is 19.0 Å². The van der Waals surface area contributed by atoms with Crippen molar-refractivity contribution in [3.05, 3.63) is 42.5 Å². The van der Waals surface area contributed by atoms with Gasteiger partial charge in [-0.1, -0.05) is 46.8 Å². The molecule has 0 saturated carbocycles. The molecule has 0 radical (unpaired) electrons. The summed E-state index contributed by atoms with van der Waals surface area (Å²) >= 11 is 0. The van der Waals surface area contributed by atoms with Crippen LogP contribution in [0.15, 0.2) is 36.9 Å². The van der Waals surface area contributed by atoms with E-state index >= 15 is 0 Å². The summed E-state index contributed by atoms with van der Waals surface area (Å²) in [6.07, 6.45) is 1.68. The Balaban J connectivity index is 1.23. The number of nitrogens with one attached hydrogen (secondary N) is 2. The number of benzene rings is 1. The average molecular weight is 581 g/mol. The molecular formula is C30H44N8O4. The number of hydrogen-bond donors (Lipinski definition) is 3. The van der Waals surface area contributed by atoms with E-state index in [2.05, 4.69) is 65.1 Å². The maximum absolute atomic E-state index is 12.6. The van der Waals surface area contributed by atoms with Gasteiger partial charge in [0.15, 0.2) is 23.5 Å². The van der Waals surface area contributed by atoms with E-state index in [1.807, 2.05) is 42.7 Å². The summed E-state index contributed by atoms with van der Waals surface area (Å²) in [5.41, 5.74) is 9.17. The zero-order valence-corrected chi connectivity index (χ0v) is 25.6. The summed E-state index contributed by atoms with van der Waals surface area (Å²) in [4.78, 5) is 27.8. The molecule has 2 aromatic heterocycles. The zero-order chi connectivity index (χ0) is 30.2. The quantitative estimate of drug-likeness (QED) is 0.343. The van der Waals surface area contributed by atoms with E-state index in [0.717, 1.165) is 12.2 Å². The van der Waals surface area contributed by atoms with Crippen molar-refractivity contribution >= 4 is 28.7 Å². The predicted octanol–water partition coefficient (Wildman–Crippen LogP) is 3.90. The van der Waals surface area contributed by atoms with Gasteiger partial charge in [0.25, 0.3) is 0 Å². The Morgan fingerprint density at radius 1 is 1.12 bits per heavy atom. The third-order valence-electron chi connectivity index (χ3n) is 7.57. The minimum Gasteiger partial charge on any atom is -0.382 e. The Morgan fingerprint density at radius 2 is 1.83 bits per heavy atom. The monoisotopic (exact) mass is 580 g/mol. The van der Waals surface area contributed by atoms with Gasteiger partial charge in [-0.25, -0.2) is 19.7 Å². The Labute approximate surface area is 247 Å². The fourth-order valence-electron chi connectivity index (χ4n) is 5.67. The fraction of sp³-hybridized carbons (Fsp3) is 0.600. The minimum absolute atomic E-state index is 0.0596. The maximum Gasteiger partial charge on any atom is 0.319 e. The van der Waals surface area contributed by atoms with E-state index in [0.29, 0.717) is 42.5 Å². The van der Waals surface area contributed by atoms with Gasteiger partial charge in [0, 0.05) is 31.9 Å². The lowest BCUT2D eigenvalue weighted by Gasteiger charge is -2.30. The van der Waals surface area contributed by atoms with Crippen LogP contribution in [0.2, 0.25) is 0 Å². The number of carbonyl (C=O) groups excluding carboxylic acids is 1. The van der Waals surface area contributed by atoms with Gasteiger partial charge in [-0.2, -0.15) is 0 Å². The molecule has 4 unspecified atom stereocenters. The molecule has 2 aliphatic heterocycles. The highest BCUT2D eigenvalue weighted by molar-refractivity contribution is 5.89. The lowest BCUT2D eigenvalue weighted by atomic mass is 9.87. The van der Waals surface area contributed by atoms with Gasteiger partial charge in [0.1, 0.15) is 30.2 Å². The summed E-state index contributed by atoms with van der Waals surface area (Å²) in [6.45, 7) is 17.3. The van der Waals surface area contributed by atoms with E-state index in [-0.39, 0.29) is 29.8 Å². The lowest BCUT2D eigenvalue weighted by molar-refractivity contribution is -0.198. The molecule has 4 atom stereocenters. The van der Waals surface area contributed by atoms with Crippen LogP contribution in [0.4, 0.5) is 16.3 Å². The van der Waals surface area contributed by atoms with Crippen LogP contribution in [-0.2, 0) is 19.6 Å². The largest absolute Gasteiger partial charge is 0.382 e. The Morgan fingerprint density at radius 3 is 2.52 bits per heavy atom. The van der Waals surface area contributed by atoms with Crippen molar-refractivity contribution in [1.29, 1.82) is 0 Å². The molecule has 0 bridgehead atoms. The highest BCUT2D eigenvalue weighted by atomic mass is 16.8. The number of imidazole rings is 1. The molecular weight excluding hydrogens is 536 g/mol. The number of nitrogens with zero attached hydrogens (tertiary/aromatic N) is 5. The Bertz CT molecular complexity index is 1380. The zero-order valence-electron chi connectivity index (χ0n) is 25.6. The van der Waals surface area contributed by atoms with Gasteiger partial charge in [-0.3, -0.25) is 9.47 Å². The van der Waals surface area contributed by atoms with E-state index in [1.54, 1.807) is 6.33 Å². The second-order valence-electron chi connectivity index (χ2n) is 13.1. The standard InChI is InChI=1S/C30H44N8O4/c1-18(2)14-37(13-12-32-28(39)36-20-10-8-19(9-11-20)29(3,4)5)15-21-23-24(42-30(6,7)41-23)27(40-21)38-17-35-22-25(31)33-16-34-26(22)38/h8-11,16-18,21,23-24,27H,12-15H2,1-7H3,(H2,31,33,34)(H2,32,36,39). The number of nitrogen functional groups attached to an aromatic ring is 1. The van der Waals surface area contributed by atoms with Crippen LogP contribution in [0.1, 0.15) is 60.3 Å². The van der Waals surface area contributed by atoms with Crippen LogP contribution in [0.25, 0.3) is 11.2 Å². The molecule has 1 aromatic carbocycles. The van der Waals surface area contributed by atoms with Gasteiger partial charge < -0.3 is 30.6 Å². The molecule has 0 spiro atoms. The number of amides is 2. The van der Waals surface area contributed by atoms with E-state index in [9.17, 15) is 4.79 Å². The van der Waals surface area contributed by atoms with Crippen molar-refractivity contribution in [2.75, 3.05) is 37.2 Å². The molecule has 0 aliphatic carbocycles. The van der Waals surface area contributed by atoms with Crippen molar-refractivity contribution in [3.63, 3.8) is 0 Å². The van der Waals surface area contributed by atoms with Crippen molar-refractivity contribution in [3.8, 4) is 0 Å². The third kappa shape index (κ3) is 6.67. The Kier molecular flexibility index (Phi) is 8.44. The number of aromatic nitrogens is 4. The normalized spacial score (nSPS) is 23.5. The molecule has 4 N–H and O–H groups in total. The number of urea groups is 1. The van der Waals surface area contributed by atoms with Gasteiger partial charge in [-0.05, 0) is 42.9 Å². The third-order valence-corrected chi connectivity index (χ3v) is 7.57. The van der Waals surface area contributed by atoms with Crippen LogP contribution < -0.4 is 16.4 Å². The summed E-state index contributed by atoms with van der Waals surface area (Å²) < 4.78 is 21.1. The highest BCUT2D eigenvalue weighted by Crippen LogP contribution is 2.44. The van der Waals surface area contributed by atoms with Gasteiger partial charge in [-0.15, -0.1) is 0 Å².